The number of aromatic nitrogens is 3. The third-order valence-corrected chi connectivity index (χ3v) is 6.24. The summed E-state index contributed by atoms with van der Waals surface area (Å²) < 4.78 is 2.08. The van der Waals surface area contributed by atoms with E-state index >= 15 is 0 Å². The Balaban J connectivity index is 1.54. The second-order valence-electron chi connectivity index (χ2n) is 8.27. The van der Waals surface area contributed by atoms with Gasteiger partial charge in [-0.15, -0.1) is 0 Å². The number of nitrogens with zero attached hydrogens (tertiary/aromatic N) is 3. The zero-order valence-corrected chi connectivity index (χ0v) is 17.5. The topological polar surface area (TPSA) is 79.9 Å². The predicted octanol–water partition coefficient (Wildman–Crippen LogP) is 3.85. The number of H-pyrrole nitrogens is 1. The number of rotatable bonds is 3. The molecule has 0 bridgehead atoms. The van der Waals surface area contributed by atoms with Gasteiger partial charge in [-0.1, -0.05) is 25.1 Å². The molecule has 1 saturated heterocycles. The maximum absolute atomic E-state index is 13.0. The molecule has 2 aromatic carbocycles. The van der Waals surface area contributed by atoms with Crippen molar-refractivity contribution in [3.8, 4) is 11.5 Å². The van der Waals surface area contributed by atoms with Crippen molar-refractivity contribution in [2.75, 3.05) is 13.1 Å². The first-order chi connectivity index (χ1) is 14.5. The Kier molecular flexibility index (Phi) is 4.59. The molecule has 6 heteroatoms. The Labute approximate surface area is 175 Å². The number of nitrogens with two attached hydrogens (primary N) is 1. The van der Waals surface area contributed by atoms with Crippen LogP contribution in [0.5, 0.6) is 0 Å². The van der Waals surface area contributed by atoms with Crippen molar-refractivity contribution in [3.05, 3.63) is 53.6 Å². The molecule has 3 heterocycles. The number of benzene rings is 2. The molecule has 3 N–H and O–H groups in total. The lowest BCUT2D eigenvalue weighted by atomic mass is 10.1. The van der Waals surface area contributed by atoms with E-state index in [0.29, 0.717) is 12.1 Å². The highest BCUT2D eigenvalue weighted by Gasteiger charge is 2.23. The van der Waals surface area contributed by atoms with Crippen LogP contribution in [0.15, 0.2) is 42.5 Å². The van der Waals surface area contributed by atoms with Crippen LogP contribution in [0.3, 0.4) is 0 Å². The first-order valence-corrected chi connectivity index (χ1v) is 10.7. The molecular weight excluding hydrogens is 374 g/mol. The van der Waals surface area contributed by atoms with Crippen molar-refractivity contribution in [3.63, 3.8) is 0 Å². The van der Waals surface area contributed by atoms with E-state index in [4.69, 9.17) is 10.7 Å². The summed E-state index contributed by atoms with van der Waals surface area (Å²) in [6.07, 6.45) is 2.92. The molecule has 1 fully saturated rings. The van der Waals surface area contributed by atoms with E-state index in [0.717, 1.165) is 48.4 Å². The summed E-state index contributed by atoms with van der Waals surface area (Å²) in [6, 6.07) is 14.4. The van der Waals surface area contributed by atoms with Gasteiger partial charge in [0, 0.05) is 42.6 Å². The number of piperidine rings is 1. The van der Waals surface area contributed by atoms with Crippen LogP contribution in [0.4, 0.5) is 0 Å². The molecule has 0 saturated carbocycles. The molecule has 30 heavy (non-hydrogen) atoms. The normalized spacial score (nSPS) is 17.2. The highest BCUT2D eigenvalue weighted by Crippen LogP contribution is 2.29. The third kappa shape index (κ3) is 3.08. The van der Waals surface area contributed by atoms with Crippen molar-refractivity contribution in [1.82, 2.24) is 19.4 Å². The fourth-order valence-corrected chi connectivity index (χ4v) is 4.58. The molecule has 1 aliphatic rings. The Morgan fingerprint density at radius 1 is 1.27 bits per heavy atom. The quantitative estimate of drug-likeness (QED) is 0.547. The SMILES string of the molecule is CCc1cccc2cc(-c3nc4cc(C(=O)N5CCC[C@@H](N)C5)ccc4n3C)[nH]c12. The minimum absolute atomic E-state index is 0.0393. The Bertz CT molecular complexity index is 1250. The minimum atomic E-state index is 0.0393. The number of carbonyl (C=O) groups is 1. The Morgan fingerprint density at radius 2 is 2.13 bits per heavy atom. The second-order valence-corrected chi connectivity index (χ2v) is 8.27. The number of carbonyl (C=O) groups excluding carboxylic acids is 1. The van der Waals surface area contributed by atoms with E-state index < -0.39 is 0 Å². The van der Waals surface area contributed by atoms with Gasteiger partial charge in [-0.2, -0.15) is 0 Å². The molecular formula is C24H27N5O. The van der Waals surface area contributed by atoms with E-state index in [-0.39, 0.29) is 11.9 Å². The lowest BCUT2D eigenvalue weighted by molar-refractivity contribution is 0.0709. The maximum atomic E-state index is 13.0. The molecule has 1 aliphatic heterocycles. The molecule has 0 spiro atoms. The van der Waals surface area contributed by atoms with Crippen molar-refractivity contribution in [2.45, 2.75) is 32.2 Å². The second kappa shape index (κ2) is 7.29. The molecule has 6 nitrogen and oxygen atoms in total. The number of fused-ring (bicyclic) bond motifs is 2. The van der Waals surface area contributed by atoms with Gasteiger partial charge in [-0.25, -0.2) is 4.98 Å². The number of likely N-dealkylation sites (tertiary alicyclic amines) is 1. The zero-order valence-electron chi connectivity index (χ0n) is 17.5. The molecule has 1 atom stereocenters. The van der Waals surface area contributed by atoms with Gasteiger partial charge in [-0.3, -0.25) is 4.79 Å². The Hall–Kier alpha value is -3.12. The third-order valence-electron chi connectivity index (χ3n) is 6.24. The number of nitrogens with one attached hydrogen (secondary N) is 1. The molecule has 0 radical (unpaired) electrons. The summed E-state index contributed by atoms with van der Waals surface area (Å²) in [5.41, 5.74) is 12.0. The van der Waals surface area contributed by atoms with Gasteiger partial charge in [0.25, 0.3) is 5.91 Å². The molecule has 154 valence electrons. The number of para-hydroxylation sites is 1. The van der Waals surface area contributed by atoms with Gasteiger partial charge in [0.2, 0.25) is 0 Å². The number of hydrogen-bond donors (Lipinski definition) is 2. The van der Waals surface area contributed by atoms with E-state index in [9.17, 15) is 4.79 Å². The number of aryl methyl sites for hydroxylation is 2. The summed E-state index contributed by atoms with van der Waals surface area (Å²) in [7, 11) is 2.02. The van der Waals surface area contributed by atoms with Crippen LogP contribution in [0.2, 0.25) is 0 Å². The average Bonchev–Trinajstić information content (AvgIpc) is 3.33. The lowest BCUT2D eigenvalue weighted by Gasteiger charge is -2.30. The molecule has 1 amide bonds. The van der Waals surface area contributed by atoms with Crippen LogP contribution >= 0.6 is 0 Å². The number of amides is 1. The van der Waals surface area contributed by atoms with Crippen LogP contribution in [0, 0.1) is 0 Å². The van der Waals surface area contributed by atoms with E-state index in [1.165, 1.54) is 16.5 Å². The highest BCUT2D eigenvalue weighted by atomic mass is 16.2. The van der Waals surface area contributed by atoms with E-state index in [2.05, 4.69) is 40.7 Å². The van der Waals surface area contributed by atoms with E-state index in [1.807, 2.05) is 30.1 Å². The molecule has 5 rings (SSSR count). The fourth-order valence-electron chi connectivity index (χ4n) is 4.58. The van der Waals surface area contributed by atoms with Gasteiger partial charge in [0.1, 0.15) is 0 Å². The van der Waals surface area contributed by atoms with Crippen molar-refractivity contribution < 1.29 is 4.79 Å². The molecule has 0 unspecified atom stereocenters. The van der Waals surface area contributed by atoms with Crippen LogP contribution in [0.1, 0.15) is 35.7 Å². The van der Waals surface area contributed by atoms with Crippen LogP contribution in [0.25, 0.3) is 33.5 Å². The van der Waals surface area contributed by atoms with E-state index in [1.54, 1.807) is 0 Å². The maximum Gasteiger partial charge on any atom is 0.253 e. The summed E-state index contributed by atoms with van der Waals surface area (Å²) in [5, 5.41) is 1.19. The van der Waals surface area contributed by atoms with Gasteiger partial charge in [0.05, 0.1) is 16.7 Å². The smallest absolute Gasteiger partial charge is 0.253 e. The highest BCUT2D eigenvalue weighted by molar-refractivity contribution is 5.98. The Morgan fingerprint density at radius 3 is 2.93 bits per heavy atom. The predicted molar refractivity (Wildman–Crippen MR) is 120 cm³/mol. The summed E-state index contributed by atoms with van der Waals surface area (Å²) in [4.78, 5) is 23.3. The van der Waals surface area contributed by atoms with Crippen LogP contribution < -0.4 is 5.73 Å². The van der Waals surface area contributed by atoms with Gasteiger partial charge >= 0.3 is 0 Å². The molecule has 4 aromatic rings. The van der Waals surface area contributed by atoms with Gasteiger partial charge in [0.15, 0.2) is 5.82 Å². The number of imidazole rings is 1. The monoisotopic (exact) mass is 401 g/mol. The van der Waals surface area contributed by atoms with Gasteiger partial charge < -0.3 is 20.2 Å². The van der Waals surface area contributed by atoms with Gasteiger partial charge in [-0.05, 0) is 49.1 Å². The van der Waals surface area contributed by atoms with Crippen LogP contribution in [-0.4, -0.2) is 44.5 Å². The minimum Gasteiger partial charge on any atom is -0.352 e. The first-order valence-electron chi connectivity index (χ1n) is 10.7. The number of hydrogen-bond acceptors (Lipinski definition) is 3. The number of aromatic amines is 1. The summed E-state index contributed by atoms with van der Waals surface area (Å²) in [5.74, 6) is 0.908. The standard InChI is InChI=1S/C24H27N5O/c1-3-15-6-4-7-16-12-20(26-22(15)16)23-27-19-13-17(9-10-21(19)28(23)2)24(30)29-11-5-8-18(25)14-29/h4,6-7,9-10,12-13,18,26H,3,5,8,11,14,25H2,1-2H3/t18-/m1/s1. The molecule has 2 aromatic heterocycles. The van der Waals surface area contributed by atoms with Crippen LogP contribution in [-0.2, 0) is 13.5 Å². The molecule has 0 aliphatic carbocycles. The fraction of sp³-hybridized carbons (Fsp3) is 0.333. The van der Waals surface area contributed by atoms with Crippen molar-refractivity contribution in [1.29, 1.82) is 0 Å². The average molecular weight is 402 g/mol. The lowest BCUT2D eigenvalue weighted by Crippen LogP contribution is -2.45. The first kappa shape index (κ1) is 18.9. The summed E-state index contributed by atoms with van der Waals surface area (Å²) in [6.45, 7) is 3.56. The summed E-state index contributed by atoms with van der Waals surface area (Å²) >= 11 is 0. The van der Waals surface area contributed by atoms with Crippen molar-refractivity contribution in [2.24, 2.45) is 12.8 Å². The van der Waals surface area contributed by atoms with Crippen molar-refractivity contribution >= 4 is 27.8 Å². The zero-order chi connectivity index (χ0) is 20.8. The largest absolute Gasteiger partial charge is 0.352 e.